The molecule has 4 rings (SSSR count). The maximum absolute atomic E-state index is 13.1. The van der Waals surface area contributed by atoms with E-state index in [9.17, 15) is 18.0 Å². The molecule has 0 aliphatic heterocycles. The Balaban J connectivity index is 1.53. The molecule has 0 spiro atoms. The molecule has 0 radical (unpaired) electrons. The highest BCUT2D eigenvalue weighted by Crippen LogP contribution is 2.36. The Morgan fingerprint density at radius 2 is 2.00 bits per heavy atom. The Bertz CT molecular complexity index is 1250. The van der Waals surface area contributed by atoms with Crippen molar-refractivity contribution in [1.29, 1.82) is 0 Å². The third-order valence-electron chi connectivity index (χ3n) is 5.08. The number of aromatic nitrogens is 3. The van der Waals surface area contributed by atoms with Gasteiger partial charge in [0.1, 0.15) is 0 Å². The summed E-state index contributed by atoms with van der Waals surface area (Å²) in [4.78, 5) is 24.5. The Hall–Kier alpha value is -3.59. The van der Waals surface area contributed by atoms with Crippen LogP contribution in [0.15, 0.2) is 71.2 Å². The first-order valence-corrected chi connectivity index (χ1v) is 10.4. The largest absolute Gasteiger partial charge is 0.417 e. The Kier molecular flexibility index (Phi) is 6.24. The number of nitrogens with one attached hydrogen (secondary N) is 3. The van der Waals surface area contributed by atoms with Gasteiger partial charge >= 0.3 is 6.18 Å². The number of allylic oxidation sites excluding steroid dienone is 4. The molecule has 33 heavy (non-hydrogen) atoms. The van der Waals surface area contributed by atoms with Crippen molar-refractivity contribution in [1.82, 2.24) is 20.3 Å². The summed E-state index contributed by atoms with van der Waals surface area (Å²) in [5, 5.41) is 5.40. The van der Waals surface area contributed by atoms with Crippen molar-refractivity contribution in [3.05, 3.63) is 82.3 Å². The number of hydrogen-bond donors (Lipinski definition) is 3. The van der Waals surface area contributed by atoms with Crippen LogP contribution in [0.3, 0.4) is 0 Å². The Labute approximate surface area is 192 Å². The molecule has 1 aromatic carbocycles. The molecule has 0 saturated heterocycles. The minimum atomic E-state index is -4.58. The summed E-state index contributed by atoms with van der Waals surface area (Å²) in [6.07, 6.45) is -0.0674. The van der Waals surface area contributed by atoms with Crippen molar-refractivity contribution in [3.8, 4) is 11.4 Å². The van der Waals surface area contributed by atoms with E-state index in [-0.39, 0.29) is 29.1 Å². The van der Waals surface area contributed by atoms with Gasteiger partial charge in [-0.3, -0.25) is 4.79 Å². The second-order valence-electron chi connectivity index (χ2n) is 7.44. The lowest BCUT2D eigenvalue weighted by molar-refractivity contribution is -0.0890. The van der Waals surface area contributed by atoms with Crippen molar-refractivity contribution in [2.75, 3.05) is 5.32 Å². The van der Waals surface area contributed by atoms with E-state index in [1.807, 2.05) is 19.1 Å². The van der Waals surface area contributed by atoms with Crippen molar-refractivity contribution in [3.63, 3.8) is 0 Å². The van der Waals surface area contributed by atoms with Gasteiger partial charge < -0.3 is 15.6 Å². The van der Waals surface area contributed by atoms with E-state index in [4.69, 9.17) is 11.6 Å². The van der Waals surface area contributed by atoms with Crippen LogP contribution in [0.1, 0.15) is 28.8 Å². The third-order valence-corrected chi connectivity index (χ3v) is 5.47. The average molecular weight is 474 g/mol. The number of carbonyl (C=O) groups excluding carboxylic acids is 1. The van der Waals surface area contributed by atoms with E-state index >= 15 is 0 Å². The standard InChI is InChI=1S/C23H19ClF3N5O/c1-13-4-5-14(21(33)30-15-6-7-17(24)16(12-15)23(25,26)27)11-20(13)32-22-29-10-8-19(31-22)18-3-2-9-28-18/h2-5,8-12,28H,6-7H2,1H3,(H,30,33)(H,29,31,32). The number of carbonyl (C=O) groups is 1. The first-order valence-electron chi connectivity index (χ1n) is 10.0. The summed E-state index contributed by atoms with van der Waals surface area (Å²) >= 11 is 5.73. The van der Waals surface area contributed by atoms with Gasteiger partial charge in [0, 0.05) is 34.4 Å². The molecule has 1 aliphatic carbocycles. The summed E-state index contributed by atoms with van der Waals surface area (Å²) in [5.74, 6) is -0.183. The maximum Gasteiger partial charge on any atom is 0.417 e. The number of aromatic amines is 1. The number of anilines is 2. The van der Waals surface area contributed by atoms with E-state index in [0.29, 0.717) is 17.3 Å². The summed E-state index contributed by atoms with van der Waals surface area (Å²) in [6, 6.07) is 10.4. The van der Waals surface area contributed by atoms with Crippen LogP contribution >= 0.6 is 11.6 Å². The second-order valence-corrected chi connectivity index (χ2v) is 7.90. The molecule has 1 amide bonds. The van der Waals surface area contributed by atoms with Gasteiger partial charge in [-0.25, -0.2) is 9.97 Å². The number of H-pyrrole nitrogens is 1. The zero-order valence-corrected chi connectivity index (χ0v) is 18.2. The van der Waals surface area contributed by atoms with Gasteiger partial charge in [0.25, 0.3) is 5.91 Å². The van der Waals surface area contributed by atoms with Gasteiger partial charge in [-0.1, -0.05) is 17.7 Å². The fourth-order valence-corrected chi connectivity index (χ4v) is 3.59. The van der Waals surface area contributed by atoms with E-state index in [1.54, 1.807) is 36.7 Å². The molecule has 0 saturated carbocycles. The molecule has 0 bridgehead atoms. The molecule has 0 fully saturated rings. The first-order chi connectivity index (χ1) is 15.7. The molecule has 0 unspecified atom stereocenters. The van der Waals surface area contributed by atoms with Crippen LogP contribution in [0.2, 0.25) is 0 Å². The van der Waals surface area contributed by atoms with Crippen LogP contribution < -0.4 is 10.6 Å². The van der Waals surface area contributed by atoms with Crippen LogP contribution in [0.4, 0.5) is 24.8 Å². The molecule has 1 aliphatic rings. The molecule has 6 nitrogen and oxygen atoms in total. The summed E-state index contributed by atoms with van der Waals surface area (Å²) in [5.41, 5.74) is 2.47. The normalized spacial score (nSPS) is 14.2. The summed E-state index contributed by atoms with van der Waals surface area (Å²) in [6.45, 7) is 1.85. The number of aryl methyl sites for hydroxylation is 1. The number of hydrogen-bond acceptors (Lipinski definition) is 4. The van der Waals surface area contributed by atoms with Crippen LogP contribution in [-0.4, -0.2) is 27.0 Å². The highest BCUT2D eigenvalue weighted by molar-refractivity contribution is 6.30. The summed E-state index contributed by atoms with van der Waals surface area (Å²) < 4.78 is 39.4. The second kappa shape index (κ2) is 9.11. The molecule has 0 atom stereocenters. The topological polar surface area (TPSA) is 82.7 Å². The molecule has 2 heterocycles. The lowest BCUT2D eigenvalue weighted by Gasteiger charge is -2.19. The molecule has 2 aromatic heterocycles. The number of amides is 1. The van der Waals surface area contributed by atoms with Crippen LogP contribution in [0, 0.1) is 6.92 Å². The highest BCUT2D eigenvalue weighted by atomic mass is 35.5. The van der Waals surface area contributed by atoms with E-state index in [2.05, 4.69) is 25.6 Å². The minimum absolute atomic E-state index is 0.0116. The van der Waals surface area contributed by atoms with Crippen LogP contribution in [0.25, 0.3) is 11.4 Å². The summed E-state index contributed by atoms with van der Waals surface area (Å²) in [7, 11) is 0. The van der Waals surface area contributed by atoms with Crippen molar-refractivity contribution in [2.24, 2.45) is 0 Å². The van der Waals surface area contributed by atoms with Crippen LogP contribution in [0.5, 0.6) is 0 Å². The molecule has 3 aromatic rings. The molecule has 10 heteroatoms. The Morgan fingerprint density at radius 3 is 2.73 bits per heavy atom. The smallest absolute Gasteiger partial charge is 0.360 e. The lowest BCUT2D eigenvalue weighted by Crippen LogP contribution is -2.26. The predicted octanol–water partition coefficient (Wildman–Crippen LogP) is 5.99. The molecular formula is C23H19ClF3N5O. The van der Waals surface area contributed by atoms with Crippen molar-refractivity contribution in [2.45, 2.75) is 25.9 Å². The zero-order chi connectivity index (χ0) is 23.6. The molecule has 3 N–H and O–H groups in total. The zero-order valence-electron chi connectivity index (χ0n) is 17.4. The van der Waals surface area contributed by atoms with E-state index in [0.717, 1.165) is 17.3 Å². The number of benzene rings is 1. The number of alkyl halides is 3. The quantitative estimate of drug-likeness (QED) is 0.425. The number of nitrogens with zero attached hydrogens (tertiary/aromatic N) is 2. The van der Waals surface area contributed by atoms with E-state index in [1.165, 1.54) is 0 Å². The van der Waals surface area contributed by atoms with Crippen molar-refractivity contribution < 1.29 is 18.0 Å². The van der Waals surface area contributed by atoms with Gasteiger partial charge in [-0.05, 0) is 61.7 Å². The SMILES string of the molecule is Cc1ccc(C(=O)NC2=CC(C(F)(F)F)=C(Cl)CC2)cc1Nc1nccc(-c2ccc[nH]2)n1. The highest BCUT2D eigenvalue weighted by Gasteiger charge is 2.36. The van der Waals surface area contributed by atoms with Gasteiger partial charge in [-0.2, -0.15) is 13.2 Å². The maximum atomic E-state index is 13.1. The third kappa shape index (κ3) is 5.25. The molecule has 170 valence electrons. The monoisotopic (exact) mass is 473 g/mol. The van der Waals surface area contributed by atoms with Gasteiger partial charge in [0.2, 0.25) is 5.95 Å². The fraction of sp³-hybridized carbons (Fsp3) is 0.174. The first kappa shape index (κ1) is 22.6. The average Bonchev–Trinajstić information content (AvgIpc) is 3.31. The van der Waals surface area contributed by atoms with Crippen LogP contribution in [-0.2, 0) is 0 Å². The minimum Gasteiger partial charge on any atom is -0.360 e. The fourth-order valence-electron chi connectivity index (χ4n) is 3.33. The van der Waals surface area contributed by atoms with Gasteiger partial charge in [-0.15, -0.1) is 0 Å². The molecular weight excluding hydrogens is 455 g/mol. The van der Waals surface area contributed by atoms with Crippen molar-refractivity contribution >= 4 is 29.1 Å². The number of rotatable bonds is 5. The van der Waals surface area contributed by atoms with E-state index < -0.39 is 17.7 Å². The lowest BCUT2D eigenvalue weighted by atomic mass is 10.0. The predicted molar refractivity (Wildman–Crippen MR) is 120 cm³/mol. The van der Waals surface area contributed by atoms with Gasteiger partial charge in [0.15, 0.2) is 0 Å². The Morgan fingerprint density at radius 1 is 1.18 bits per heavy atom. The van der Waals surface area contributed by atoms with Gasteiger partial charge in [0.05, 0.1) is 17.0 Å². The number of halogens is 4.